The first-order valence-corrected chi connectivity index (χ1v) is 5.74. The van der Waals surface area contributed by atoms with Crippen LogP contribution in [-0.2, 0) is 10.1 Å². The summed E-state index contributed by atoms with van der Waals surface area (Å²) in [5, 5.41) is 2.78. The van der Waals surface area contributed by atoms with Crippen LogP contribution in [0.1, 0.15) is 5.56 Å². The lowest BCUT2D eigenvalue weighted by Gasteiger charge is -2.10. The minimum Gasteiger partial charge on any atom is -0.387 e. The number of hydrogen-bond acceptors (Lipinski definition) is 4. The molecule has 0 unspecified atom stereocenters. The highest BCUT2D eigenvalue weighted by molar-refractivity contribution is 7.87. The van der Waals surface area contributed by atoms with Crippen LogP contribution in [0.5, 0.6) is 0 Å². The molecule has 2 N–H and O–H groups in total. The molecule has 1 rings (SSSR count). The van der Waals surface area contributed by atoms with Crippen LogP contribution in [0, 0.1) is 6.92 Å². The summed E-state index contributed by atoms with van der Waals surface area (Å²) in [6, 6.07) is 3.31. The topological polar surface area (TPSA) is 66.4 Å². The van der Waals surface area contributed by atoms with Gasteiger partial charge in [-0.1, -0.05) is 6.07 Å². The molecule has 14 heavy (non-hydrogen) atoms. The summed E-state index contributed by atoms with van der Waals surface area (Å²) in [6.07, 6.45) is 0. The van der Waals surface area contributed by atoms with Crippen LogP contribution in [0.3, 0.4) is 0 Å². The highest BCUT2D eigenvalue weighted by Crippen LogP contribution is 2.30. The molecule has 0 aliphatic carbocycles. The first-order valence-electron chi connectivity index (χ1n) is 3.85. The van der Waals surface area contributed by atoms with Gasteiger partial charge >= 0.3 is 0 Å². The monoisotopic (exact) mass is 233 g/mol. The SMILES string of the molecule is CNc1ccc(C)c(S(=O)(=O)O)c1S. The summed E-state index contributed by atoms with van der Waals surface area (Å²) in [7, 11) is -2.56. The Morgan fingerprint density at radius 3 is 2.43 bits per heavy atom. The highest BCUT2D eigenvalue weighted by atomic mass is 32.2. The number of anilines is 1. The van der Waals surface area contributed by atoms with Crippen LogP contribution in [-0.4, -0.2) is 20.0 Å². The molecule has 0 spiro atoms. The quantitative estimate of drug-likeness (QED) is 0.536. The fraction of sp³-hybridized carbons (Fsp3) is 0.250. The molecule has 4 nitrogen and oxygen atoms in total. The molecular weight excluding hydrogens is 222 g/mol. The number of hydrogen-bond donors (Lipinski definition) is 3. The third-order valence-electron chi connectivity index (χ3n) is 1.86. The van der Waals surface area contributed by atoms with Gasteiger partial charge in [0.05, 0.1) is 0 Å². The van der Waals surface area contributed by atoms with E-state index in [4.69, 9.17) is 4.55 Å². The zero-order valence-electron chi connectivity index (χ0n) is 7.77. The summed E-state index contributed by atoms with van der Waals surface area (Å²) in [5.74, 6) is 0. The van der Waals surface area contributed by atoms with Gasteiger partial charge in [0.2, 0.25) is 0 Å². The molecule has 0 aliphatic heterocycles. The van der Waals surface area contributed by atoms with Crippen LogP contribution >= 0.6 is 12.6 Å². The Hall–Kier alpha value is -0.720. The second-order valence-electron chi connectivity index (χ2n) is 2.83. The second kappa shape index (κ2) is 3.80. The Morgan fingerprint density at radius 1 is 1.43 bits per heavy atom. The Kier molecular flexibility index (Phi) is 3.08. The van der Waals surface area contributed by atoms with Crippen molar-refractivity contribution in [1.82, 2.24) is 0 Å². The predicted molar refractivity (Wildman–Crippen MR) is 57.8 cm³/mol. The van der Waals surface area contributed by atoms with Crippen molar-refractivity contribution in [2.45, 2.75) is 16.7 Å². The van der Waals surface area contributed by atoms with Gasteiger partial charge in [-0.05, 0) is 18.6 Å². The summed E-state index contributed by atoms with van der Waals surface area (Å²) >= 11 is 4.05. The molecule has 0 bridgehead atoms. The van der Waals surface area contributed by atoms with Gasteiger partial charge in [-0.3, -0.25) is 4.55 Å². The zero-order chi connectivity index (χ0) is 10.9. The maximum absolute atomic E-state index is 11.0. The summed E-state index contributed by atoms with van der Waals surface area (Å²) < 4.78 is 31.0. The third-order valence-corrected chi connectivity index (χ3v) is 3.51. The normalized spacial score (nSPS) is 11.4. The van der Waals surface area contributed by atoms with Gasteiger partial charge in [-0.15, -0.1) is 12.6 Å². The molecule has 0 saturated carbocycles. The average molecular weight is 233 g/mol. The van der Waals surface area contributed by atoms with Crippen LogP contribution < -0.4 is 5.32 Å². The van der Waals surface area contributed by atoms with Crippen molar-refractivity contribution in [3.05, 3.63) is 17.7 Å². The van der Waals surface area contributed by atoms with Gasteiger partial charge in [-0.25, -0.2) is 0 Å². The maximum Gasteiger partial charge on any atom is 0.295 e. The highest BCUT2D eigenvalue weighted by Gasteiger charge is 2.18. The van der Waals surface area contributed by atoms with Crippen molar-refractivity contribution >= 4 is 28.4 Å². The molecule has 1 aromatic carbocycles. The zero-order valence-corrected chi connectivity index (χ0v) is 9.48. The number of thiol groups is 1. The second-order valence-corrected chi connectivity index (χ2v) is 4.64. The van der Waals surface area contributed by atoms with Crippen LogP contribution in [0.25, 0.3) is 0 Å². The molecule has 6 heteroatoms. The molecule has 0 aromatic heterocycles. The van der Waals surface area contributed by atoms with Gasteiger partial charge in [0.15, 0.2) is 0 Å². The first kappa shape index (κ1) is 11.4. The molecule has 0 radical (unpaired) electrons. The van der Waals surface area contributed by atoms with E-state index in [2.05, 4.69) is 17.9 Å². The summed E-state index contributed by atoms with van der Waals surface area (Å²) in [4.78, 5) is 0.0858. The lowest BCUT2D eigenvalue weighted by molar-refractivity contribution is 0.480. The fourth-order valence-electron chi connectivity index (χ4n) is 1.20. The maximum atomic E-state index is 11.0. The van der Waals surface area contributed by atoms with E-state index in [-0.39, 0.29) is 9.79 Å². The van der Waals surface area contributed by atoms with Crippen molar-refractivity contribution in [3.8, 4) is 0 Å². The third kappa shape index (κ3) is 2.02. The Balaban J connectivity index is 3.57. The summed E-state index contributed by atoms with van der Waals surface area (Å²) in [5.41, 5.74) is 1.03. The molecule has 78 valence electrons. The summed E-state index contributed by atoms with van der Waals surface area (Å²) in [6.45, 7) is 1.60. The molecule has 0 aliphatic rings. The van der Waals surface area contributed by atoms with Crippen molar-refractivity contribution in [2.24, 2.45) is 0 Å². The van der Waals surface area contributed by atoms with Gasteiger partial charge in [0.1, 0.15) is 4.90 Å². The van der Waals surface area contributed by atoms with Crippen molar-refractivity contribution in [2.75, 3.05) is 12.4 Å². The van der Waals surface area contributed by atoms with Crippen LogP contribution in [0.4, 0.5) is 5.69 Å². The standard InChI is InChI=1S/C8H11NO3S2/c1-5-3-4-6(9-2)7(13)8(5)14(10,11)12/h3-4,9,13H,1-2H3,(H,10,11,12). The van der Waals surface area contributed by atoms with Crippen LogP contribution in [0.2, 0.25) is 0 Å². The van der Waals surface area contributed by atoms with E-state index in [0.717, 1.165) is 0 Å². The number of rotatable bonds is 2. The first-order chi connectivity index (χ1) is 6.38. The fourth-order valence-corrected chi connectivity index (χ4v) is 2.74. The van der Waals surface area contributed by atoms with Gasteiger partial charge in [0.25, 0.3) is 10.1 Å². The Morgan fingerprint density at radius 2 is 2.00 bits per heavy atom. The Bertz CT molecular complexity index is 454. The van der Waals surface area contributed by atoms with E-state index in [0.29, 0.717) is 11.3 Å². The van der Waals surface area contributed by atoms with E-state index in [9.17, 15) is 8.42 Å². The molecular formula is C8H11NO3S2. The van der Waals surface area contributed by atoms with Crippen molar-refractivity contribution in [1.29, 1.82) is 0 Å². The number of nitrogens with one attached hydrogen (secondary N) is 1. The molecule has 0 saturated heterocycles. The molecule has 0 fully saturated rings. The van der Waals surface area contributed by atoms with Gasteiger partial charge < -0.3 is 5.32 Å². The lowest BCUT2D eigenvalue weighted by Crippen LogP contribution is -2.04. The predicted octanol–water partition coefficient (Wildman–Crippen LogP) is 1.57. The molecule has 0 atom stereocenters. The average Bonchev–Trinajstić information content (AvgIpc) is 2.02. The van der Waals surface area contributed by atoms with E-state index in [1.165, 1.54) is 0 Å². The lowest BCUT2D eigenvalue weighted by atomic mass is 10.2. The van der Waals surface area contributed by atoms with Crippen LogP contribution in [0.15, 0.2) is 21.9 Å². The Labute approximate surface area is 88.5 Å². The van der Waals surface area contributed by atoms with E-state index >= 15 is 0 Å². The largest absolute Gasteiger partial charge is 0.387 e. The van der Waals surface area contributed by atoms with Crippen molar-refractivity contribution < 1.29 is 13.0 Å². The molecule has 0 amide bonds. The number of benzene rings is 1. The van der Waals surface area contributed by atoms with Crippen molar-refractivity contribution in [3.63, 3.8) is 0 Å². The molecule has 0 heterocycles. The smallest absolute Gasteiger partial charge is 0.295 e. The minimum atomic E-state index is -4.21. The van der Waals surface area contributed by atoms with E-state index < -0.39 is 10.1 Å². The van der Waals surface area contributed by atoms with Gasteiger partial charge in [-0.2, -0.15) is 8.42 Å². The van der Waals surface area contributed by atoms with Gasteiger partial charge in [0, 0.05) is 17.6 Å². The molecule has 1 aromatic rings. The van der Waals surface area contributed by atoms with E-state index in [1.54, 1.807) is 26.1 Å². The number of aryl methyl sites for hydroxylation is 1. The van der Waals surface area contributed by atoms with E-state index in [1.807, 2.05) is 0 Å². The minimum absolute atomic E-state index is 0.146.